The van der Waals surface area contributed by atoms with Crippen molar-refractivity contribution in [3.63, 3.8) is 0 Å². The van der Waals surface area contributed by atoms with Crippen molar-refractivity contribution >= 4 is 11.8 Å². The van der Waals surface area contributed by atoms with E-state index in [-0.39, 0.29) is 6.42 Å². The van der Waals surface area contributed by atoms with E-state index in [0.29, 0.717) is 0 Å². The smallest absolute Gasteiger partial charge is 0.371 e. The van der Waals surface area contributed by atoms with Gasteiger partial charge in [0.1, 0.15) is 0 Å². The lowest BCUT2D eigenvalue weighted by molar-refractivity contribution is -0.135. The molecule has 0 aliphatic carbocycles. The molecule has 0 amide bonds. The van der Waals surface area contributed by atoms with Crippen LogP contribution in [0.15, 0.2) is 54.3 Å². The molecule has 0 radical (unpaired) electrons. The SMILES string of the molecule is Cc1ccc(Cc2cc(CC(=O)/C=C(\O)C(=O)O)ccc2C)cc1. The summed E-state index contributed by atoms with van der Waals surface area (Å²) in [5.41, 5.74) is 5.45. The molecule has 0 aliphatic rings. The highest BCUT2D eigenvalue weighted by Gasteiger charge is 2.09. The van der Waals surface area contributed by atoms with Gasteiger partial charge in [-0.2, -0.15) is 0 Å². The van der Waals surface area contributed by atoms with Crippen molar-refractivity contribution < 1.29 is 19.8 Å². The highest BCUT2D eigenvalue weighted by molar-refractivity contribution is 5.98. The number of hydrogen-bond acceptors (Lipinski definition) is 3. The molecule has 2 rings (SSSR count). The summed E-state index contributed by atoms with van der Waals surface area (Å²) in [6.45, 7) is 4.06. The average Bonchev–Trinajstić information content (AvgIpc) is 2.52. The Morgan fingerprint density at radius 2 is 1.58 bits per heavy atom. The number of ketones is 1. The van der Waals surface area contributed by atoms with Crippen molar-refractivity contribution in [1.29, 1.82) is 0 Å². The van der Waals surface area contributed by atoms with Crippen LogP contribution in [0.25, 0.3) is 0 Å². The molecule has 0 saturated heterocycles. The minimum Gasteiger partial charge on any atom is -0.502 e. The van der Waals surface area contributed by atoms with Gasteiger partial charge < -0.3 is 10.2 Å². The first-order valence-corrected chi connectivity index (χ1v) is 7.66. The summed E-state index contributed by atoms with van der Waals surface area (Å²) in [4.78, 5) is 22.4. The molecule has 0 aromatic heterocycles. The number of benzene rings is 2. The second-order valence-corrected chi connectivity index (χ2v) is 5.90. The maximum Gasteiger partial charge on any atom is 0.371 e. The summed E-state index contributed by atoms with van der Waals surface area (Å²) in [5.74, 6) is -2.89. The molecule has 0 fully saturated rings. The molecule has 0 heterocycles. The van der Waals surface area contributed by atoms with Crippen LogP contribution < -0.4 is 0 Å². The van der Waals surface area contributed by atoms with Gasteiger partial charge in [0.05, 0.1) is 0 Å². The van der Waals surface area contributed by atoms with Gasteiger partial charge in [-0.05, 0) is 42.5 Å². The first-order chi connectivity index (χ1) is 11.3. The Labute approximate surface area is 141 Å². The molecular weight excluding hydrogens is 304 g/mol. The van der Waals surface area contributed by atoms with Crippen molar-refractivity contribution in [3.05, 3.63) is 82.1 Å². The number of carboxylic acids is 1. The number of carboxylic acid groups (broad SMARTS) is 1. The number of carbonyl (C=O) groups excluding carboxylic acids is 1. The highest BCUT2D eigenvalue weighted by atomic mass is 16.4. The van der Waals surface area contributed by atoms with Crippen LogP contribution in [0, 0.1) is 13.8 Å². The van der Waals surface area contributed by atoms with Gasteiger partial charge in [0.2, 0.25) is 5.76 Å². The van der Waals surface area contributed by atoms with Crippen LogP contribution in [-0.2, 0) is 22.4 Å². The molecular formula is C20H20O4. The van der Waals surface area contributed by atoms with Crippen LogP contribution in [-0.4, -0.2) is 22.0 Å². The van der Waals surface area contributed by atoms with E-state index >= 15 is 0 Å². The Kier molecular flexibility index (Phi) is 5.53. The fourth-order valence-corrected chi connectivity index (χ4v) is 2.42. The van der Waals surface area contributed by atoms with E-state index in [1.54, 1.807) is 0 Å². The Morgan fingerprint density at radius 1 is 0.958 bits per heavy atom. The lowest BCUT2D eigenvalue weighted by Gasteiger charge is -2.09. The standard InChI is InChI=1S/C20H20O4/c1-13-3-6-15(7-4-13)9-17-10-16(8-5-14(17)2)11-18(21)12-19(22)20(23)24/h3-8,10,12,22H,9,11H2,1-2H3,(H,23,24)/b19-12-. The zero-order chi connectivity index (χ0) is 17.7. The lowest BCUT2D eigenvalue weighted by atomic mass is 9.96. The Morgan fingerprint density at radius 3 is 2.21 bits per heavy atom. The first-order valence-electron chi connectivity index (χ1n) is 7.66. The van der Waals surface area contributed by atoms with Crippen LogP contribution in [0.1, 0.15) is 27.8 Å². The minimum absolute atomic E-state index is 0.0541. The zero-order valence-corrected chi connectivity index (χ0v) is 13.7. The molecule has 2 aromatic rings. The summed E-state index contributed by atoms with van der Waals surface area (Å²) in [6.07, 6.45) is 1.57. The second-order valence-electron chi connectivity index (χ2n) is 5.90. The largest absolute Gasteiger partial charge is 0.502 e. The molecule has 24 heavy (non-hydrogen) atoms. The van der Waals surface area contributed by atoms with E-state index in [4.69, 9.17) is 10.2 Å². The number of carbonyl (C=O) groups is 2. The molecule has 4 heteroatoms. The zero-order valence-electron chi connectivity index (χ0n) is 13.7. The van der Waals surface area contributed by atoms with E-state index in [9.17, 15) is 9.59 Å². The molecule has 4 nitrogen and oxygen atoms in total. The van der Waals surface area contributed by atoms with Crippen molar-refractivity contribution in [1.82, 2.24) is 0 Å². The van der Waals surface area contributed by atoms with Crippen LogP contribution in [0.3, 0.4) is 0 Å². The molecule has 0 saturated carbocycles. The van der Waals surface area contributed by atoms with Gasteiger partial charge in [-0.25, -0.2) is 4.79 Å². The minimum atomic E-state index is -1.51. The van der Waals surface area contributed by atoms with E-state index in [1.807, 2.05) is 32.0 Å². The molecule has 0 atom stereocenters. The number of hydrogen-bond donors (Lipinski definition) is 2. The van der Waals surface area contributed by atoms with Gasteiger partial charge in [-0.3, -0.25) is 4.79 Å². The molecule has 0 spiro atoms. The monoisotopic (exact) mass is 324 g/mol. The van der Waals surface area contributed by atoms with Crippen LogP contribution in [0.4, 0.5) is 0 Å². The van der Waals surface area contributed by atoms with E-state index in [2.05, 4.69) is 24.3 Å². The number of aliphatic hydroxyl groups excluding tert-OH is 1. The van der Waals surface area contributed by atoms with Crippen LogP contribution >= 0.6 is 0 Å². The van der Waals surface area contributed by atoms with Gasteiger partial charge in [0.25, 0.3) is 0 Å². The van der Waals surface area contributed by atoms with Crippen LogP contribution in [0.5, 0.6) is 0 Å². The summed E-state index contributed by atoms with van der Waals surface area (Å²) >= 11 is 0. The van der Waals surface area contributed by atoms with Gasteiger partial charge in [0.15, 0.2) is 5.78 Å². The number of aliphatic carboxylic acids is 1. The highest BCUT2D eigenvalue weighted by Crippen LogP contribution is 2.17. The molecule has 0 aliphatic heterocycles. The normalized spacial score (nSPS) is 11.3. The molecule has 0 bridgehead atoms. The fourth-order valence-electron chi connectivity index (χ4n) is 2.42. The predicted octanol–water partition coefficient (Wildman–Crippen LogP) is 3.53. The predicted molar refractivity (Wildman–Crippen MR) is 92.2 cm³/mol. The number of aliphatic hydroxyl groups is 1. The van der Waals surface area contributed by atoms with E-state index in [1.165, 1.54) is 11.1 Å². The quantitative estimate of drug-likeness (QED) is 0.629. The maximum absolute atomic E-state index is 11.8. The van der Waals surface area contributed by atoms with Crippen molar-refractivity contribution in [3.8, 4) is 0 Å². The third kappa shape index (κ3) is 4.81. The van der Waals surface area contributed by atoms with Gasteiger partial charge in [-0.1, -0.05) is 48.0 Å². The van der Waals surface area contributed by atoms with Gasteiger partial charge in [0, 0.05) is 12.5 Å². The van der Waals surface area contributed by atoms with Crippen molar-refractivity contribution in [2.24, 2.45) is 0 Å². The van der Waals surface area contributed by atoms with E-state index < -0.39 is 17.5 Å². The summed E-state index contributed by atoms with van der Waals surface area (Å²) in [7, 11) is 0. The summed E-state index contributed by atoms with van der Waals surface area (Å²) in [5, 5.41) is 17.7. The Bertz CT molecular complexity index is 786. The number of allylic oxidation sites excluding steroid dienone is 1. The molecule has 2 aromatic carbocycles. The molecule has 124 valence electrons. The Balaban J connectivity index is 2.16. The average molecular weight is 324 g/mol. The fraction of sp³-hybridized carbons (Fsp3) is 0.200. The third-order valence-corrected chi connectivity index (χ3v) is 3.82. The lowest BCUT2D eigenvalue weighted by Crippen LogP contribution is -2.06. The number of rotatable bonds is 6. The maximum atomic E-state index is 11.8. The Hall–Kier alpha value is -2.88. The van der Waals surface area contributed by atoms with E-state index in [0.717, 1.165) is 29.2 Å². The van der Waals surface area contributed by atoms with Crippen molar-refractivity contribution in [2.45, 2.75) is 26.7 Å². The second kappa shape index (κ2) is 7.59. The molecule has 2 N–H and O–H groups in total. The summed E-state index contributed by atoms with van der Waals surface area (Å²) < 4.78 is 0. The van der Waals surface area contributed by atoms with Gasteiger partial charge >= 0.3 is 5.97 Å². The topological polar surface area (TPSA) is 74.6 Å². The van der Waals surface area contributed by atoms with Crippen molar-refractivity contribution in [2.75, 3.05) is 0 Å². The first kappa shape index (κ1) is 17.5. The van der Waals surface area contributed by atoms with Crippen LogP contribution in [0.2, 0.25) is 0 Å². The summed E-state index contributed by atoms with van der Waals surface area (Å²) in [6, 6.07) is 14.1. The molecule has 0 unspecified atom stereocenters. The van der Waals surface area contributed by atoms with Gasteiger partial charge in [-0.15, -0.1) is 0 Å². The third-order valence-electron chi connectivity index (χ3n) is 3.82. The number of aryl methyl sites for hydroxylation is 2.